The molecule has 1 heterocycles. The normalized spacial score (nSPS) is 11.0. The molecule has 3 rings (SSSR count). The largest absolute Gasteiger partial charge is 0.508 e. The Labute approximate surface area is 120 Å². The number of benzene rings is 2. The summed E-state index contributed by atoms with van der Waals surface area (Å²) < 4.78 is 21.5. The molecular formula is C15H14O6. The Hall–Kier alpha value is -2.76. The van der Waals surface area contributed by atoms with Crippen LogP contribution in [0.15, 0.2) is 22.6 Å². The predicted octanol–water partition coefficient (Wildman–Crippen LogP) is 3.02. The third-order valence-corrected chi connectivity index (χ3v) is 3.36. The van der Waals surface area contributed by atoms with E-state index in [2.05, 4.69) is 0 Å². The van der Waals surface area contributed by atoms with Crippen molar-refractivity contribution in [1.29, 1.82) is 0 Å². The maximum absolute atomic E-state index is 10.3. The van der Waals surface area contributed by atoms with Crippen molar-refractivity contribution in [2.45, 2.75) is 0 Å². The fourth-order valence-corrected chi connectivity index (χ4v) is 2.48. The molecular weight excluding hydrogens is 276 g/mol. The number of hydrogen-bond acceptors (Lipinski definition) is 6. The quantitative estimate of drug-likeness (QED) is 0.771. The fraction of sp³-hybridized carbons (Fsp3) is 0.200. The van der Waals surface area contributed by atoms with Crippen LogP contribution in [0, 0.1) is 0 Å². The molecule has 0 unspecified atom stereocenters. The van der Waals surface area contributed by atoms with Gasteiger partial charge in [-0.2, -0.15) is 0 Å². The summed E-state index contributed by atoms with van der Waals surface area (Å²) >= 11 is 0. The average Bonchev–Trinajstić information content (AvgIpc) is 2.84. The number of methoxy groups -OCH3 is 3. The number of furan rings is 1. The maximum atomic E-state index is 10.3. The van der Waals surface area contributed by atoms with E-state index < -0.39 is 0 Å². The molecule has 3 aromatic rings. The van der Waals surface area contributed by atoms with E-state index in [1.54, 1.807) is 6.07 Å². The van der Waals surface area contributed by atoms with Crippen LogP contribution in [-0.4, -0.2) is 31.5 Å². The number of hydrogen-bond donors (Lipinski definition) is 2. The monoisotopic (exact) mass is 290 g/mol. The lowest BCUT2D eigenvalue weighted by Gasteiger charge is -2.13. The summed E-state index contributed by atoms with van der Waals surface area (Å²) in [7, 11) is 4.31. The highest BCUT2D eigenvalue weighted by atomic mass is 16.5. The SMILES string of the molecule is COc1c(O)c(OC)c2c(oc3cc(O)ccc32)c1OC. The van der Waals surface area contributed by atoms with Crippen LogP contribution in [0.5, 0.6) is 28.7 Å². The highest BCUT2D eigenvalue weighted by Gasteiger charge is 2.26. The first-order chi connectivity index (χ1) is 10.1. The first-order valence-corrected chi connectivity index (χ1v) is 6.18. The van der Waals surface area contributed by atoms with Gasteiger partial charge in [0.25, 0.3) is 0 Å². The number of rotatable bonds is 3. The van der Waals surface area contributed by atoms with E-state index in [1.807, 2.05) is 0 Å². The van der Waals surface area contributed by atoms with E-state index >= 15 is 0 Å². The number of phenolic OH excluding ortho intramolecular Hbond substituents is 2. The van der Waals surface area contributed by atoms with E-state index in [0.29, 0.717) is 21.9 Å². The van der Waals surface area contributed by atoms with Crippen LogP contribution in [0.1, 0.15) is 0 Å². The second-order valence-electron chi connectivity index (χ2n) is 4.44. The van der Waals surface area contributed by atoms with Crippen molar-refractivity contribution in [2.75, 3.05) is 21.3 Å². The zero-order chi connectivity index (χ0) is 15.1. The first-order valence-electron chi connectivity index (χ1n) is 6.18. The van der Waals surface area contributed by atoms with Crippen LogP contribution in [-0.2, 0) is 0 Å². The molecule has 0 aliphatic carbocycles. The van der Waals surface area contributed by atoms with Crippen molar-refractivity contribution < 1.29 is 28.8 Å². The van der Waals surface area contributed by atoms with Crippen molar-refractivity contribution >= 4 is 21.9 Å². The van der Waals surface area contributed by atoms with E-state index in [-0.39, 0.29) is 28.7 Å². The molecule has 0 spiro atoms. The molecule has 0 saturated heterocycles. The van der Waals surface area contributed by atoms with Gasteiger partial charge in [-0.05, 0) is 12.1 Å². The molecule has 0 atom stereocenters. The Morgan fingerprint density at radius 3 is 2.19 bits per heavy atom. The lowest BCUT2D eigenvalue weighted by Crippen LogP contribution is -1.94. The summed E-state index contributed by atoms with van der Waals surface area (Å²) in [6.45, 7) is 0. The predicted molar refractivity (Wildman–Crippen MR) is 76.7 cm³/mol. The standard InChI is InChI=1S/C15H14O6/c1-18-12-10-8-5-4-7(16)6-9(8)21-13(10)15(20-3)14(19-2)11(12)17/h4-6,16-17H,1-3H3. The minimum absolute atomic E-state index is 0.0793. The van der Waals surface area contributed by atoms with Gasteiger partial charge in [-0.25, -0.2) is 0 Å². The van der Waals surface area contributed by atoms with Gasteiger partial charge in [0.2, 0.25) is 17.2 Å². The Bertz CT molecular complexity index is 833. The highest BCUT2D eigenvalue weighted by molar-refractivity contribution is 6.12. The molecule has 6 heteroatoms. The maximum Gasteiger partial charge on any atom is 0.211 e. The smallest absolute Gasteiger partial charge is 0.211 e. The van der Waals surface area contributed by atoms with Crippen molar-refractivity contribution in [3.8, 4) is 28.7 Å². The van der Waals surface area contributed by atoms with Gasteiger partial charge >= 0.3 is 0 Å². The number of phenols is 2. The molecule has 0 radical (unpaired) electrons. The summed E-state index contributed by atoms with van der Waals surface area (Å²) in [5, 5.41) is 21.1. The molecule has 1 aromatic heterocycles. The molecule has 2 aromatic carbocycles. The second kappa shape index (κ2) is 4.66. The van der Waals surface area contributed by atoms with Gasteiger partial charge in [0.1, 0.15) is 11.3 Å². The van der Waals surface area contributed by atoms with Crippen molar-refractivity contribution in [2.24, 2.45) is 0 Å². The Balaban J connectivity index is 2.57. The zero-order valence-corrected chi connectivity index (χ0v) is 11.8. The fourth-order valence-electron chi connectivity index (χ4n) is 2.48. The van der Waals surface area contributed by atoms with E-state index in [4.69, 9.17) is 18.6 Å². The van der Waals surface area contributed by atoms with Gasteiger partial charge in [-0.15, -0.1) is 0 Å². The molecule has 0 saturated carbocycles. The molecule has 0 amide bonds. The van der Waals surface area contributed by atoms with Crippen molar-refractivity contribution in [1.82, 2.24) is 0 Å². The number of fused-ring (bicyclic) bond motifs is 3. The molecule has 21 heavy (non-hydrogen) atoms. The van der Waals surface area contributed by atoms with Crippen LogP contribution in [0.2, 0.25) is 0 Å². The van der Waals surface area contributed by atoms with Crippen LogP contribution >= 0.6 is 0 Å². The van der Waals surface area contributed by atoms with Crippen molar-refractivity contribution in [3.05, 3.63) is 18.2 Å². The van der Waals surface area contributed by atoms with Gasteiger partial charge in [0.15, 0.2) is 11.3 Å². The van der Waals surface area contributed by atoms with E-state index in [9.17, 15) is 10.2 Å². The van der Waals surface area contributed by atoms with Crippen LogP contribution in [0.4, 0.5) is 0 Å². The minimum Gasteiger partial charge on any atom is -0.508 e. The van der Waals surface area contributed by atoms with Gasteiger partial charge in [-0.3, -0.25) is 0 Å². The summed E-state index contributed by atoms with van der Waals surface area (Å²) in [4.78, 5) is 0. The molecule has 0 aliphatic rings. The average molecular weight is 290 g/mol. The lowest BCUT2D eigenvalue weighted by atomic mass is 10.1. The van der Waals surface area contributed by atoms with Crippen LogP contribution in [0.3, 0.4) is 0 Å². The summed E-state index contributed by atoms with van der Waals surface area (Å²) in [5.41, 5.74) is 0.832. The second-order valence-corrected chi connectivity index (χ2v) is 4.44. The van der Waals surface area contributed by atoms with E-state index in [1.165, 1.54) is 33.5 Å². The molecule has 0 aliphatic heterocycles. The van der Waals surface area contributed by atoms with E-state index in [0.717, 1.165) is 0 Å². The third kappa shape index (κ3) is 1.72. The third-order valence-electron chi connectivity index (χ3n) is 3.36. The number of ether oxygens (including phenoxy) is 3. The first kappa shape index (κ1) is 13.2. The van der Waals surface area contributed by atoms with Crippen LogP contribution in [0.25, 0.3) is 21.9 Å². The van der Waals surface area contributed by atoms with Gasteiger partial charge < -0.3 is 28.8 Å². The summed E-state index contributed by atoms with van der Waals surface area (Å²) in [6, 6.07) is 4.70. The molecule has 110 valence electrons. The highest BCUT2D eigenvalue weighted by Crippen LogP contribution is 2.53. The zero-order valence-electron chi connectivity index (χ0n) is 11.8. The lowest BCUT2D eigenvalue weighted by molar-refractivity contribution is 0.318. The minimum atomic E-state index is -0.167. The Morgan fingerprint density at radius 1 is 0.905 bits per heavy atom. The molecule has 2 N–H and O–H groups in total. The van der Waals surface area contributed by atoms with Gasteiger partial charge in [-0.1, -0.05) is 0 Å². The van der Waals surface area contributed by atoms with Gasteiger partial charge in [0.05, 0.1) is 26.7 Å². The van der Waals surface area contributed by atoms with Gasteiger partial charge in [0, 0.05) is 11.5 Å². The van der Waals surface area contributed by atoms with Crippen LogP contribution < -0.4 is 14.2 Å². The van der Waals surface area contributed by atoms with Crippen molar-refractivity contribution in [3.63, 3.8) is 0 Å². The topological polar surface area (TPSA) is 81.3 Å². The molecule has 6 nitrogen and oxygen atoms in total. The summed E-state index contributed by atoms with van der Waals surface area (Å²) in [6.07, 6.45) is 0. The Morgan fingerprint density at radius 2 is 1.57 bits per heavy atom. The summed E-state index contributed by atoms with van der Waals surface area (Å²) in [5.74, 6) is 0.537. The Kier molecular flexibility index (Phi) is 2.94. The molecule has 0 bridgehead atoms. The molecule has 0 fully saturated rings. The number of aromatic hydroxyl groups is 2.